The zero-order valence-corrected chi connectivity index (χ0v) is 11.8. The molecule has 0 atom stereocenters. The summed E-state index contributed by atoms with van der Waals surface area (Å²) in [5.74, 6) is 1.31. The first-order chi connectivity index (χ1) is 8.58. The van der Waals surface area contributed by atoms with Crippen LogP contribution in [-0.2, 0) is 6.61 Å². The number of thiazole rings is 1. The number of anilines is 1. The van der Waals surface area contributed by atoms with Gasteiger partial charge in [0, 0.05) is 11.9 Å². The Morgan fingerprint density at radius 2 is 2.17 bits per heavy atom. The van der Waals surface area contributed by atoms with Gasteiger partial charge in [0.2, 0.25) is 0 Å². The van der Waals surface area contributed by atoms with Crippen molar-refractivity contribution >= 4 is 17.0 Å². The van der Waals surface area contributed by atoms with E-state index in [0.717, 1.165) is 27.4 Å². The fourth-order valence-electron chi connectivity index (χ4n) is 1.75. The van der Waals surface area contributed by atoms with Gasteiger partial charge < -0.3 is 10.5 Å². The number of nitrogen functional groups attached to an aromatic ring is 1. The number of aryl methyl sites for hydroxylation is 1. The molecule has 18 heavy (non-hydrogen) atoms. The highest BCUT2D eigenvalue weighted by atomic mass is 32.1. The van der Waals surface area contributed by atoms with Gasteiger partial charge in [-0.3, -0.25) is 4.98 Å². The molecule has 0 aliphatic heterocycles. The lowest BCUT2D eigenvalue weighted by atomic mass is 9.99. The van der Waals surface area contributed by atoms with E-state index in [-0.39, 0.29) is 0 Å². The van der Waals surface area contributed by atoms with E-state index in [2.05, 4.69) is 18.8 Å². The maximum atomic E-state index is 5.95. The van der Waals surface area contributed by atoms with Crippen LogP contribution in [0, 0.1) is 6.92 Å². The molecule has 2 rings (SSSR count). The highest BCUT2D eigenvalue weighted by Crippen LogP contribution is 2.31. The van der Waals surface area contributed by atoms with Gasteiger partial charge >= 0.3 is 0 Å². The van der Waals surface area contributed by atoms with Gasteiger partial charge in [0.25, 0.3) is 0 Å². The molecule has 0 saturated carbocycles. The van der Waals surface area contributed by atoms with Crippen molar-refractivity contribution in [2.75, 3.05) is 5.73 Å². The Morgan fingerprint density at radius 1 is 1.39 bits per heavy atom. The van der Waals surface area contributed by atoms with E-state index in [0.29, 0.717) is 12.5 Å². The molecule has 0 aliphatic carbocycles. The summed E-state index contributed by atoms with van der Waals surface area (Å²) in [6.07, 6.45) is 1.84. The second-order valence-electron chi connectivity index (χ2n) is 4.66. The van der Waals surface area contributed by atoms with Crippen LogP contribution in [-0.4, -0.2) is 4.98 Å². The van der Waals surface area contributed by atoms with Gasteiger partial charge in [-0.15, -0.1) is 11.3 Å². The average Bonchev–Trinajstić information content (AvgIpc) is 2.83. The van der Waals surface area contributed by atoms with Crippen LogP contribution in [0.15, 0.2) is 23.8 Å². The molecule has 0 bridgehead atoms. The molecule has 1 aromatic heterocycles. The maximum Gasteiger partial charge on any atom is 0.124 e. The summed E-state index contributed by atoms with van der Waals surface area (Å²) in [7, 11) is 0. The number of ether oxygens (including phenoxy) is 1. The fraction of sp³-hybridized carbons (Fsp3) is 0.357. The summed E-state index contributed by atoms with van der Waals surface area (Å²) in [6.45, 7) is 6.85. The predicted molar refractivity (Wildman–Crippen MR) is 76.1 cm³/mol. The Kier molecular flexibility index (Phi) is 3.87. The van der Waals surface area contributed by atoms with E-state index in [4.69, 9.17) is 10.5 Å². The van der Waals surface area contributed by atoms with Crippen LogP contribution in [0.4, 0.5) is 5.69 Å². The molecular weight excluding hydrogens is 244 g/mol. The van der Waals surface area contributed by atoms with E-state index >= 15 is 0 Å². The smallest absolute Gasteiger partial charge is 0.124 e. The normalized spacial score (nSPS) is 10.9. The lowest BCUT2D eigenvalue weighted by Crippen LogP contribution is -2.01. The molecule has 1 aromatic carbocycles. The molecule has 96 valence electrons. The monoisotopic (exact) mass is 262 g/mol. The molecule has 2 aromatic rings. The SMILES string of the molecule is Cc1cc(OCc2cncs2)c(C(C)C)cc1N. The van der Waals surface area contributed by atoms with Crippen molar-refractivity contribution in [2.24, 2.45) is 0 Å². The number of hydrogen-bond acceptors (Lipinski definition) is 4. The summed E-state index contributed by atoms with van der Waals surface area (Å²) in [6, 6.07) is 4.04. The van der Waals surface area contributed by atoms with E-state index in [1.54, 1.807) is 11.3 Å². The lowest BCUT2D eigenvalue weighted by molar-refractivity contribution is 0.305. The minimum atomic E-state index is 0.393. The predicted octanol–water partition coefficient (Wildman–Crippen LogP) is 3.74. The van der Waals surface area contributed by atoms with Crippen molar-refractivity contribution in [1.29, 1.82) is 0 Å². The number of benzene rings is 1. The molecule has 0 saturated heterocycles. The van der Waals surface area contributed by atoms with Crippen LogP contribution >= 0.6 is 11.3 Å². The first kappa shape index (κ1) is 12.9. The Bertz CT molecular complexity index is 521. The Morgan fingerprint density at radius 3 is 2.78 bits per heavy atom. The van der Waals surface area contributed by atoms with Gasteiger partial charge in [-0.25, -0.2) is 0 Å². The summed E-state index contributed by atoms with van der Waals surface area (Å²) in [4.78, 5) is 5.17. The standard InChI is InChI=1S/C14H18N2OS/c1-9(2)12-5-13(15)10(3)4-14(12)17-7-11-6-16-8-18-11/h4-6,8-9H,7,15H2,1-3H3. The largest absolute Gasteiger partial charge is 0.488 e. The lowest BCUT2D eigenvalue weighted by Gasteiger charge is -2.16. The van der Waals surface area contributed by atoms with Crippen LogP contribution in [0.1, 0.15) is 35.8 Å². The molecule has 0 aliphatic rings. The van der Waals surface area contributed by atoms with Crippen molar-refractivity contribution in [3.8, 4) is 5.75 Å². The summed E-state index contributed by atoms with van der Waals surface area (Å²) in [5, 5.41) is 0. The third-order valence-electron chi connectivity index (χ3n) is 2.87. The third-order valence-corrected chi connectivity index (χ3v) is 3.63. The molecule has 2 N–H and O–H groups in total. The Labute approximate surface area is 112 Å². The van der Waals surface area contributed by atoms with Gasteiger partial charge in [0.05, 0.1) is 10.4 Å². The van der Waals surface area contributed by atoms with E-state index in [1.165, 1.54) is 0 Å². The van der Waals surface area contributed by atoms with Gasteiger partial charge in [0.1, 0.15) is 12.4 Å². The maximum absolute atomic E-state index is 5.95. The molecule has 3 nitrogen and oxygen atoms in total. The first-order valence-electron chi connectivity index (χ1n) is 5.98. The highest BCUT2D eigenvalue weighted by molar-refractivity contribution is 7.09. The van der Waals surface area contributed by atoms with Gasteiger partial charge in [-0.1, -0.05) is 13.8 Å². The van der Waals surface area contributed by atoms with E-state index in [9.17, 15) is 0 Å². The third kappa shape index (κ3) is 2.82. The van der Waals surface area contributed by atoms with E-state index < -0.39 is 0 Å². The number of rotatable bonds is 4. The number of nitrogens with two attached hydrogens (primary N) is 1. The van der Waals surface area contributed by atoms with Crippen LogP contribution in [0.2, 0.25) is 0 Å². The van der Waals surface area contributed by atoms with Crippen LogP contribution < -0.4 is 10.5 Å². The highest BCUT2D eigenvalue weighted by Gasteiger charge is 2.11. The molecule has 0 fully saturated rings. The minimum absolute atomic E-state index is 0.393. The van der Waals surface area contributed by atoms with Crippen molar-refractivity contribution in [1.82, 2.24) is 4.98 Å². The zero-order chi connectivity index (χ0) is 13.1. The van der Waals surface area contributed by atoms with Crippen molar-refractivity contribution < 1.29 is 4.74 Å². The quantitative estimate of drug-likeness (QED) is 0.854. The molecule has 0 spiro atoms. The van der Waals surface area contributed by atoms with Crippen LogP contribution in [0.25, 0.3) is 0 Å². The van der Waals surface area contributed by atoms with Gasteiger partial charge in [-0.05, 0) is 36.1 Å². The zero-order valence-electron chi connectivity index (χ0n) is 10.9. The second-order valence-corrected chi connectivity index (χ2v) is 5.63. The summed E-state index contributed by atoms with van der Waals surface area (Å²) >= 11 is 1.60. The van der Waals surface area contributed by atoms with Crippen LogP contribution in [0.3, 0.4) is 0 Å². The average molecular weight is 262 g/mol. The Hall–Kier alpha value is -1.55. The molecule has 1 heterocycles. The van der Waals surface area contributed by atoms with Gasteiger partial charge in [0.15, 0.2) is 0 Å². The second kappa shape index (κ2) is 5.40. The topological polar surface area (TPSA) is 48.1 Å². The first-order valence-corrected chi connectivity index (χ1v) is 6.86. The van der Waals surface area contributed by atoms with Crippen molar-refractivity contribution in [3.05, 3.63) is 39.8 Å². The summed E-state index contributed by atoms with van der Waals surface area (Å²) < 4.78 is 5.89. The van der Waals surface area contributed by atoms with Crippen molar-refractivity contribution in [2.45, 2.75) is 33.3 Å². The molecule has 0 radical (unpaired) electrons. The molecular formula is C14H18N2OS. The van der Waals surface area contributed by atoms with E-state index in [1.807, 2.05) is 30.8 Å². The molecule has 0 amide bonds. The number of hydrogen-bond donors (Lipinski definition) is 1. The molecule has 4 heteroatoms. The Balaban J connectivity index is 2.23. The summed E-state index contributed by atoms with van der Waals surface area (Å²) in [5.41, 5.74) is 10.8. The molecule has 0 unspecified atom stereocenters. The number of nitrogens with zero attached hydrogens (tertiary/aromatic N) is 1. The fourth-order valence-corrected chi connectivity index (χ4v) is 2.26. The van der Waals surface area contributed by atoms with Crippen LogP contribution in [0.5, 0.6) is 5.75 Å². The number of aromatic nitrogens is 1. The van der Waals surface area contributed by atoms with Gasteiger partial charge in [-0.2, -0.15) is 0 Å². The van der Waals surface area contributed by atoms with Crippen molar-refractivity contribution in [3.63, 3.8) is 0 Å². The minimum Gasteiger partial charge on any atom is -0.488 e.